The fourth-order valence-corrected chi connectivity index (χ4v) is 2.19. The zero-order valence-corrected chi connectivity index (χ0v) is 11.8. The van der Waals surface area contributed by atoms with Gasteiger partial charge in [0.25, 0.3) is 0 Å². The molecule has 20 heavy (non-hydrogen) atoms. The first-order valence-electron chi connectivity index (χ1n) is 6.12. The van der Waals surface area contributed by atoms with Crippen molar-refractivity contribution in [2.45, 2.75) is 32.3 Å². The molecule has 0 atom stereocenters. The number of amides is 1. The number of nitrogens with one attached hydrogen (secondary N) is 1. The fourth-order valence-electron chi connectivity index (χ4n) is 1.99. The molecule has 1 aromatic carbocycles. The van der Waals surface area contributed by atoms with E-state index in [-0.39, 0.29) is 35.4 Å². The highest BCUT2D eigenvalue weighted by Gasteiger charge is 2.18. The molecule has 2 rings (SSSR count). The Labute approximate surface area is 119 Å². The molecule has 0 saturated carbocycles. The van der Waals surface area contributed by atoms with Crippen LogP contribution in [0, 0.1) is 11.6 Å². The summed E-state index contributed by atoms with van der Waals surface area (Å²) in [4.78, 5) is 15.9. The van der Waals surface area contributed by atoms with Crippen LogP contribution in [0.2, 0.25) is 0 Å². The van der Waals surface area contributed by atoms with E-state index in [1.54, 1.807) is 0 Å². The van der Waals surface area contributed by atoms with E-state index in [0.717, 1.165) is 6.07 Å². The number of nitrogens with zero attached hydrogens (tertiary/aromatic N) is 2. The van der Waals surface area contributed by atoms with Gasteiger partial charge in [0.2, 0.25) is 5.91 Å². The van der Waals surface area contributed by atoms with Crippen LogP contribution in [0.5, 0.6) is 0 Å². The lowest BCUT2D eigenvalue weighted by atomic mass is 10.3. The minimum atomic E-state index is -1.02. The van der Waals surface area contributed by atoms with Crippen LogP contribution in [-0.2, 0) is 17.2 Å². The number of hydrogen-bond donors (Lipinski definition) is 1. The van der Waals surface area contributed by atoms with Gasteiger partial charge >= 0.3 is 0 Å². The maximum atomic E-state index is 13.9. The van der Waals surface area contributed by atoms with E-state index in [2.05, 4.69) is 10.3 Å². The SMILES string of the molecule is CC(C)NC(=O)Cn1c(CCl)nc2ccc(F)c(F)c21. The van der Waals surface area contributed by atoms with Gasteiger partial charge in [-0.15, -0.1) is 11.6 Å². The number of carbonyl (C=O) groups is 1. The summed E-state index contributed by atoms with van der Waals surface area (Å²) in [7, 11) is 0. The van der Waals surface area contributed by atoms with E-state index >= 15 is 0 Å². The Morgan fingerprint density at radius 2 is 2.15 bits per heavy atom. The average Bonchev–Trinajstić information content (AvgIpc) is 2.71. The molecule has 0 radical (unpaired) electrons. The van der Waals surface area contributed by atoms with Crippen molar-refractivity contribution in [1.82, 2.24) is 14.9 Å². The Hall–Kier alpha value is -1.69. The molecule has 1 aromatic heterocycles. The molecule has 1 heterocycles. The number of benzene rings is 1. The van der Waals surface area contributed by atoms with Crippen LogP contribution in [-0.4, -0.2) is 21.5 Å². The fraction of sp³-hybridized carbons (Fsp3) is 0.385. The third-order valence-corrected chi connectivity index (χ3v) is 2.99. The third-order valence-electron chi connectivity index (χ3n) is 2.75. The van der Waals surface area contributed by atoms with Gasteiger partial charge in [-0.05, 0) is 26.0 Å². The van der Waals surface area contributed by atoms with E-state index < -0.39 is 11.6 Å². The summed E-state index contributed by atoms with van der Waals surface area (Å²) in [6.07, 6.45) is 0. The monoisotopic (exact) mass is 301 g/mol. The summed E-state index contributed by atoms with van der Waals surface area (Å²) < 4.78 is 28.6. The van der Waals surface area contributed by atoms with Crippen molar-refractivity contribution in [2.75, 3.05) is 0 Å². The van der Waals surface area contributed by atoms with Crippen molar-refractivity contribution in [2.24, 2.45) is 0 Å². The number of aromatic nitrogens is 2. The van der Waals surface area contributed by atoms with Gasteiger partial charge in [0.15, 0.2) is 11.6 Å². The summed E-state index contributed by atoms with van der Waals surface area (Å²) in [5.74, 6) is -1.99. The standard InChI is InChI=1S/C13H14ClF2N3O/c1-7(2)17-11(20)6-19-10(5-14)18-9-4-3-8(15)12(16)13(9)19/h3-4,7H,5-6H2,1-2H3,(H,17,20). The lowest BCUT2D eigenvalue weighted by Crippen LogP contribution is -2.33. The van der Waals surface area contributed by atoms with Crippen LogP contribution >= 0.6 is 11.6 Å². The second kappa shape index (κ2) is 5.75. The van der Waals surface area contributed by atoms with Crippen LogP contribution in [0.25, 0.3) is 11.0 Å². The smallest absolute Gasteiger partial charge is 0.240 e. The molecular weight excluding hydrogens is 288 g/mol. The maximum Gasteiger partial charge on any atom is 0.240 e. The number of halogens is 3. The molecule has 0 bridgehead atoms. The Morgan fingerprint density at radius 1 is 1.45 bits per heavy atom. The maximum absolute atomic E-state index is 13.9. The van der Waals surface area contributed by atoms with Gasteiger partial charge in [-0.2, -0.15) is 0 Å². The molecule has 0 aliphatic heterocycles. The molecule has 1 amide bonds. The molecule has 108 valence electrons. The van der Waals surface area contributed by atoms with Crippen molar-refractivity contribution >= 4 is 28.5 Å². The van der Waals surface area contributed by atoms with E-state index in [9.17, 15) is 13.6 Å². The second-order valence-electron chi connectivity index (χ2n) is 4.70. The first kappa shape index (κ1) is 14.7. The molecule has 2 aromatic rings. The van der Waals surface area contributed by atoms with Crippen molar-refractivity contribution in [3.8, 4) is 0 Å². The number of alkyl halides is 1. The quantitative estimate of drug-likeness (QED) is 0.882. The summed E-state index contributed by atoms with van der Waals surface area (Å²) in [5, 5.41) is 2.68. The van der Waals surface area contributed by atoms with Crippen molar-refractivity contribution in [3.63, 3.8) is 0 Å². The lowest BCUT2D eigenvalue weighted by Gasteiger charge is -2.11. The Balaban J connectivity index is 2.49. The molecule has 0 fully saturated rings. The van der Waals surface area contributed by atoms with Crippen molar-refractivity contribution < 1.29 is 13.6 Å². The average molecular weight is 302 g/mol. The van der Waals surface area contributed by atoms with Gasteiger partial charge in [0, 0.05) is 6.04 Å². The highest BCUT2D eigenvalue weighted by molar-refractivity contribution is 6.16. The van der Waals surface area contributed by atoms with Gasteiger partial charge in [-0.3, -0.25) is 4.79 Å². The van der Waals surface area contributed by atoms with E-state index in [1.807, 2.05) is 13.8 Å². The van der Waals surface area contributed by atoms with Gasteiger partial charge < -0.3 is 9.88 Å². The Kier molecular flexibility index (Phi) is 4.23. The normalized spacial score (nSPS) is 11.3. The summed E-state index contributed by atoms with van der Waals surface area (Å²) in [5.41, 5.74) is 0.233. The van der Waals surface area contributed by atoms with Gasteiger partial charge in [-0.25, -0.2) is 13.8 Å². The van der Waals surface area contributed by atoms with Crippen LogP contribution in [0.15, 0.2) is 12.1 Å². The number of rotatable bonds is 4. The van der Waals surface area contributed by atoms with Gasteiger partial charge in [0.1, 0.15) is 17.9 Å². The number of carbonyl (C=O) groups excluding carboxylic acids is 1. The number of hydrogen-bond acceptors (Lipinski definition) is 2. The van der Waals surface area contributed by atoms with Crippen molar-refractivity contribution in [3.05, 3.63) is 29.6 Å². The molecule has 0 aliphatic rings. The molecular formula is C13H14ClF2N3O. The third kappa shape index (κ3) is 2.75. The Bertz CT molecular complexity index is 655. The van der Waals surface area contributed by atoms with Crippen LogP contribution in [0.4, 0.5) is 8.78 Å². The molecule has 1 N–H and O–H groups in total. The molecule has 0 spiro atoms. The van der Waals surface area contributed by atoms with Crippen LogP contribution in [0.3, 0.4) is 0 Å². The number of fused-ring (bicyclic) bond motifs is 1. The first-order valence-corrected chi connectivity index (χ1v) is 6.66. The minimum absolute atomic E-state index is 0.00466. The van der Waals surface area contributed by atoms with Crippen LogP contribution in [0.1, 0.15) is 19.7 Å². The molecule has 0 unspecified atom stereocenters. The van der Waals surface area contributed by atoms with Gasteiger partial charge in [0.05, 0.1) is 11.4 Å². The highest BCUT2D eigenvalue weighted by atomic mass is 35.5. The molecule has 4 nitrogen and oxygen atoms in total. The summed E-state index contributed by atoms with van der Waals surface area (Å²) in [6.45, 7) is 3.47. The van der Waals surface area contributed by atoms with Gasteiger partial charge in [-0.1, -0.05) is 0 Å². The van der Waals surface area contributed by atoms with E-state index in [4.69, 9.17) is 11.6 Å². The first-order chi connectivity index (χ1) is 9.43. The number of imidazole rings is 1. The highest BCUT2D eigenvalue weighted by Crippen LogP contribution is 2.22. The largest absolute Gasteiger partial charge is 0.352 e. The molecule has 0 saturated heterocycles. The second-order valence-corrected chi connectivity index (χ2v) is 4.97. The minimum Gasteiger partial charge on any atom is -0.352 e. The zero-order valence-electron chi connectivity index (χ0n) is 11.1. The van der Waals surface area contributed by atoms with E-state index in [1.165, 1.54) is 10.6 Å². The molecule has 0 aliphatic carbocycles. The van der Waals surface area contributed by atoms with Crippen molar-refractivity contribution in [1.29, 1.82) is 0 Å². The zero-order chi connectivity index (χ0) is 14.9. The van der Waals surface area contributed by atoms with E-state index in [0.29, 0.717) is 5.82 Å². The lowest BCUT2D eigenvalue weighted by molar-refractivity contribution is -0.122. The summed E-state index contributed by atoms with van der Waals surface area (Å²) in [6, 6.07) is 2.32. The summed E-state index contributed by atoms with van der Waals surface area (Å²) >= 11 is 5.75. The van der Waals surface area contributed by atoms with Crippen LogP contribution < -0.4 is 5.32 Å². The molecule has 7 heteroatoms. The predicted octanol–water partition coefficient (Wildman–Crippen LogP) is 2.58. The Morgan fingerprint density at radius 3 is 2.75 bits per heavy atom. The predicted molar refractivity (Wildman–Crippen MR) is 72.5 cm³/mol. The topological polar surface area (TPSA) is 46.9 Å².